The molecule has 9 nitrogen and oxygen atoms in total. The Balaban J connectivity index is 1.70. The van der Waals surface area contributed by atoms with E-state index in [1.54, 1.807) is 0 Å². The molecule has 2 N–H and O–H groups in total. The Hall–Kier alpha value is -3.63. The molecule has 2 aromatic heterocycles. The molecule has 0 radical (unpaired) electrons. The van der Waals surface area contributed by atoms with Gasteiger partial charge < -0.3 is 0 Å². The third-order valence-electron chi connectivity index (χ3n) is 4.04. The van der Waals surface area contributed by atoms with E-state index in [-0.39, 0.29) is 10.5 Å². The highest BCUT2D eigenvalue weighted by Crippen LogP contribution is 2.23. The van der Waals surface area contributed by atoms with Crippen molar-refractivity contribution in [2.45, 2.75) is 0 Å². The highest BCUT2D eigenvalue weighted by molar-refractivity contribution is 7.71. The number of benzene rings is 2. The summed E-state index contributed by atoms with van der Waals surface area (Å²) in [5.74, 6) is 0.405. The Morgan fingerprint density at radius 2 is 1.93 bits per heavy atom. The minimum absolute atomic E-state index is 0.0899. The van der Waals surface area contributed by atoms with Crippen LogP contribution >= 0.6 is 23.8 Å². The molecule has 0 saturated heterocycles. The van der Waals surface area contributed by atoms with Crippen molar-refractivity contribution in [2.24, 2.45) is 5.10 Å². The van der Waals surface area contributed by atoms with Crippen LogP contribution in [0.15, 0.2) is 59.7 Å². The summed E-state index contributed by atoms with van der Waals surface area (Å²) in [6, 6.07) is 15.6. The summed E-state index contributed by atoms with van der Waals surface area (Å²) in [6.45, 7) is 0. The van der Waals surface area contributed by atoms with Crippen molar-refractivity contribution in [3.05, 3.63) is 80.1 Å². The van der Waals surface area contributed by atoms with Gasteiger partial charge in [0.15, 0.2) is 0 Å². The standard InChI is InChI=1S/C18H12ClN7O2S/c19-14-7-6-13(26(27)28)8-12(14)10-20-25-17(23-24-18(25)29)16-9-15(21-22-16)11-4-2-1-3-5-11/h1-10H,(H,21,22)(H,24,29). The van der Waals surface area contributed by atoms with Crippen molar-refractivity contribution < 1.29 is 4.92 Å². The van der Waals surface area contributed by atoms with E-state index in [2.05, 4.69) is 25.5 Å². The van der Waals surface area contributed by atoms with E-state index in [0.717, 1.165) is 11.3 Å². The van der Waals surface area contributed by atoms with Crippen LogP contribution in [0.25, 0.3) is 22.8 Å². The van der Waals surface area contributed by atoms with Gasteiger partial charge in [-0.15, -0.1) is 0 Å². The molecule has 0 amide bonds. The molecule has 0 aliphatic rings. The van der Waals surface area contributed by atoms with Crippen LogP contribution in [0.1, 0.15) is 5.56 Å². The molecule has 0 fully saturated rings. The third-order valence-corrected chi connectivity index (χ3v) is 4.65. The van der Waals surface area contributed by atoms with Crippen LogP contribution in [0.5, 0.6) is 0 Å². The molecule has 0 spiro atoms. The van der Waals surface area contributed by atoms with Crippen molar-refractivity contribution in [1.29, 1.82) is 0 Å². The lowest BCUT2D eigenvalue weighted by Gasteiger charge is -2.00. The molecule has 2 heterocycles. The van der Waals surface area contributed by atoms with Gasteiger partial charge in [0.2, 0.25) is 10.6 Å². The van der Waals surface area contributed by atoms with Gasteiger partial charge in [-0.1, -0.05) is 41.9 Å². The fourth-order valence-corrected chi connectivity index (χ4v) is 2.98. The Bertz CT molecular complexity index is 1280. The molecule has 29 heavy (non-hydrogen) atoms. The van der Waals surface area contributed by atoms with E-state index < -0.39 is 4.92 Å². The molecule has 0 saturated carbocycles. The summed E-state index contributed by atoms with van der Waals surface area (Å²) in [7, 11) is 0. The molecular weight excluding hydrogens is 414 g/mol. The average molecular weight is 426 g/mol. The molecule has 144 valence electrons. The molecule has 0 atom stereocenters. The van der Waals surface area contributed by atoms with Crippen molar-refractivity contribution in [2.75, 3.05) is 0 Å². The zero-order valence-corrected chi connectivity index (χ0v) is 16.2. The maximum atomic E-state index is 11.0. The first-order valence-electron chi connectivity index (χ1n) is 8.30. The van der Waals surface area contributed by atoms with Crippen LogP contribution in [0.2, 0.25) is 5.02 Å². The minimum atomic E-state index is -0.502. The SMILES string of the molecule is O=[N+]([O-])c1ccc(Cl)c(C=Nn2c(-c3cc(-c4ccccc4)n[nH]3)n[nH]c2=S)c1. The van der Waals surface area contributed by atoms with Crippen molar-refractivity contribution in [3.63, 3.8) is 0 Å². The second-order valence-corrected chi connectivity index (χ2v) is 6.70. The molecule has 4 aromatic rings. The Morgan fingerprint density at radius 3 is 2.69 bits per heavy atom. The molecule has 0 aliphatic heterocycles. The second kappa shape index (κ2) is 7.78. The summed E-state index contributed by atoms with van der Waals surface area (Å²) < 4.78 is 1.63. The number of aromatic amines is 2. The molecule has 0 unspecified atom stereocenters. The largest absolute Gasteiger partial charge is 0.274 e. The fraction of sp³-hybridized carbons (Fsp3) is 0. The maximum absolute atomic E-state index is 11.0. The zero-order chi connectivity index (χ0) is 20.4. The van der Waals surface area contributed by atoms with Gasteiger partial charge in [-0.05, 0) is 24.4 Å². The Labute approximate surface area is 173 Å². The lowest BCUT2D eigenvalue weighted by Crippen LogP contribution is -1.96. The van der Waals surface area contributed by atoms with Crippen LogP contribution < -0.4 is 0 Å². The predicted octanol–water partition coefficient (Wildman–Crippen LogP) is 4.44. The topological polar surface area (TPSA) is 118 Å². The van der Waals surface area contributed by atoms with E-state index in [1.807, 2.05) is 36.4 Å². The second-order valence-electron chi connectivity index (χ2n) is 5.90. The van der Waals surface area contributed by atoms with Crippen LogP contribution in [0.4, 0.5) is 5.69 Å². The van der Waals surface area contributed by atoms with E-state index in [1.165, 1.54) is 29.1 Å². The number of nitro groups is 1. The number of halogens is 1. The number of hydrogen-bond donors (Lipinski definition) is 2. The summed E-state index contributed by atoms with van der Waals surface area (Å²) in [5.41, 5.74) is 2.57. The van der Waals surface area contributed by atoms with Crippen molar-refractivity contribution in [1.82, 2.24) is 25.1 Å². The fourth-order valence-electron chi connectivity index (χ4n) is 2.63. The summed E-state index contributed by atoms with van der Waals surface area (Å²) in [5, 5.41) is 29.7. The number of non-ortho nitro benzene ring substituents is 1. The first-order chi connectivity index (χ1) is 14.0. The van der Waals surface area contributed by atoms with Crippen molar-refractivity contribution in [3.8, 4) is 22.8 Å². The molecular formula is C18H12ClN7O2S. The highest BCUT2D eigenvalue weighted by Gasteiger charge is 2.13. The van der Waals surface area contributed by atoms with Crippen LogP contribution in [-0.4, -0.2) is 36.2 Å². The maximum Gasteiger partial charge on any atom is 0.270 e. The normalized spacial score (nSPS) is 11.2. The average Bonchev–Trinajstić information content (AvgIpc) is 3.35. The number of H-pyrrole nitrogens is 2. The van der Waals surface area contributed by atoms with Crippen LogP contribution in [-0.2, 0) is 0 Å². The molecule has 0 aliphatic carbocycles. The molecule has 4 rings (SSSR count). The Kier molecular flexibility index (Phi) is 5.02. The first-order valence-corrected chi connectivity index (χ1v) is 9.08. The molecule has 2 aromatic carbocycles. The van der Waals surface area contributed by atoms with Gasteiger partial charge in [0.05, 0.1) is 16.8 Å². The number of hydrogen-bond acceptors (Lipinski definition) is 6. The summed E-state index contributed by atoms with van der Waals surface area (Å²) in [4.78, 5) is 10.5. The van der Waals surface area contributed by atoms with E-state index in [4.69, 9.17) is 23.8 Å². The van der Waals surface area contributed by atoms with Crippen molar-refractivity contribution >= 4 is 35.7 Å². The van der Waals surface area contributed by atoms with E-state index >= 15 is 0 Å². The Morgan fingerprint density at radius 1 is 1.14 bits per heavy atom. The third kappa shape index (κ3) is 3.84. The van der Waals surface area contributed by atoms with Gasteiger partial charge >= 0.3 is 0 Å². The predicted molar refractivity (Wildman–Crippen MR) is 112 cm³/mol. The molecule has 0 bridgehead atoms. The number of rotatable bonds is 5. The summed E-state index contributed by atoms with van der Waals surface area (Å²) >= 11 is 11.4. The monoisotopic (exact) mass is 425 g/mol. The van der Waals surface area contributed by atoms with E-state index in [9.17, 15) is 10.1 Å². The van der Waals surface area contributed by atoms with Gasteiger partial charge in [0.25, 0.3) is 5.69 Å². The number of aromatic nitrogens is 5. The number of nitrogens with one attached hydrogen (secondary N) is 2. The van der Waals surface area contributed by atoms with Gasteiger partial charge in [-0.2, -0.15) is 20.0 Å². The quantitative estimate of drug-likeness (QED) is 0.212. The lowest BCUT2D eigenvalue weighted by atomic mass is 10.1. The van der Waals surface area contributed by atoms with Gasteiger partial charge in [0, 0.05) is 28.3 Å². The van der Waals surface area contributed by atoms with Gasteiger partial charge in [-0.3, -0.25) is 15.2 Å². The minimum Gasteiger partial charge on any atom is -0.274 e. The highest BCUT2D eigenvalue weighted by atomic mass is 35.5. The van der Waals surface area contributed by atoms with Gasteiger partial charge in [-0.25, -0.2) is 5.10 Å². The van der Waals surface area contributed by atoms with Gasteiger partial charge in [0.1, 0.15) is 5.69 Å². The van der Waals surface area contributed by atoms with Crippen LogP contribution in [0.3, 0.4) is 0 Å². The van der Waals surface area contributed by atoms with Crippen LogP contribution in [0, 0.1) is 14.9 Å². The number of nitro benzene ring substituents is 1. The smallest absolute Gasteiger partial charge is 0.270 e. The molecule has 11 heteroatoms. The zero-order valence-electron chi connectivity index (χ0n) is 14.6. The summed E-state index contributed by atoms with van der Waals surface area (Å²) in [6.07, 6.45) is 1.39. The number of nitrogens with zero attached hydrogens (tertiary/aromatic N) is 5. The first kappa shape index (κ1) is 18.7. The van der Waals surface area contributed by atoms with E-state index in [0.29, 0.717) is 22.1 Å². The lowest BCUT2D eigenvalue weighted by molar-refractivity contribution is -0.384.